The molecule has 1 amide bonds. The molecule has 0 aliphatic rings. The SMILES string of the molecule is CCOC(=O)c1c(-c2ccccc2)csc1NC(=O)c1ccc(OC(C)C(=O)OCC)cc1. The smallest absolute Gasteiger partial charge is 0.347 e. The summed E-state index contributed by atoms with van der Waals surface area (Å²) in [5, 5.41) is 5.05. The number of benzene rings is 2. The minimum Gasteiger partial charge on any atom is -0.479 e. The standard InChI is InChI=1S/C25H25NO6S/c1-4-30-24(28)16(3)32-19-13-11-18(12-14-19)22(27)26-23-21(25(29)31-5-2)20(15-33-23)17-9-7-6-8-10-17/h6-16H,4-5H2,1-3H3,(H,26,27). The van der Waals surface area contributed by atoms with Crippen LogP contribution in [-0.2, 0) is 14.3 Å². The highest BCUT2D eigenvalue weighted by molar-refractivity contribution is 7.15. The molecule has 0 fully saturated rings. The van der Waals surface area contributed by atoms with Crippen molar-refractivity contribution < 1.29 is 28.6 Å². The normalized spacial score (nSPS) is 11.4. The van der Waals surface area contributed by atoms with Gasteiger partial charge in [-0.25, -0.2) is 9.59 Å². The lowest BCUT2D eigenvalue weighted by molar-refractivity contribution is -0.150. The van der Waals surface area contributed by atoms with Crippen molar-refractivity contribution in [2.24, 2.45) is 0 Å². The third kappa shape index (κ3) is 5.98. The van der Waals surface area contributed by atoms with Crippen LogP contribution in [0.25, 0.3) is 11.1 Å². The number of amides is 1. The van der Waals surface area contributed by atoms with Crippen LogP contribution in [0, 0.1) is 0 Å². The molecular weight excluding hydrogens is 442 g/mol. The van der Waals surface area contributed by atoms with Crippen LogP contribution < -0.4 is 10.1 Å². The number of rotatable bonds is 9. The fourth-order valence-corrected chi connectivity index (χ4v) is 4.01. The average molecular weight is 468 g/mol. The molecule has 7 nitrogen and oxygen atoms in total. The Morgan fingerprint density at radius 3 is 2.24 bits per heavy atom. The molecular formula is C25H25NO6S. The maximum absolute atomic E-state index is 12.8. The zero-order chi connectivity index (χ0) is 23.8. The number of esters is 2. The van der Waals surface area contributed by atoms with Gasteiger partial charge in [0.1, 0.15) is 16.3 Å². The Labute approximate surface area is 196 Å². The van der Waals surface area contributed by atoms with Crippen LogP contribution in [0.3, 0.4) is 0 Å². The van der Waals surface area contributed by atoms with Gasteiger partial charge in [-0.1, -0.05) is 30.3 Å². The third-order valence-corrected chi connectivity index (χ3v) is 5.53. The Kier molecular flexibility index (Phi) is 8.21. The van der Waals surface area contributed by atoms with E-state index in [1.54, 1.807) is 45.0 Å². The predicted molar refractivity (Wildman–Crippen MR) is 127 cm³/mol. The van der Waals surface area contributed by atoms with E-state index in [9.17, 15) is 14.4 Å². The van der Waals surface area contributed by atoms with Crippen LogP contribution in [0.4, 0.5) is 5.00 Å². The Bertz CT molecular complexity index is 1110. The number of hydrogen-bond donors (Lipinski definition) is 1. The quantitative estimate of drug-likeness (QED) is 0.437. The summed E-state index contributed by atoms with van der Waals surface area (Å²) in [6.07, 6.45) is -0.765. The minimum absolute atomic E-state index is 0.224. The summed E-state index contributed by atoms with van der Waals surface area (Å²) in [7, 11) is 0. The van der Waals surface area contributed by atoms with Crippen molar-refractivity contribution >= 4 is 34.2 Å². The first kappa shape index (κ1) is 24.0. The first-order valence-electron chi connectivity index (χ1n) is 10.5. The number of ether oxygens (including phenoxy) is 3. The molecule has 1 unspecified atom stereocenters. The highest BCUT2D eigenvalue weighted by Gasteiger charge is 2.23. The minimum atomic E-state index is -0.765. The van der Waals surface area contributed by atoms with Crippen molar-refractivity contribution in [2.45, 2.75) is 26.9 Å². The van der Waals surface area contributed by atoms with E-state index in [1.807, 2.05) is 35.7 Å². The van der Waals surface area contributed by atoms with E-state index in [0.717, 1.165) is 5.56 Å². The van der Waals surface area contributed by atoms with Gasteiger partial charge in [-0.05, 0) is 50.6 Å². The largest absolute Gasteiger partial charge is 0.479 e. The van der Waals surface area contributed by atoms with Crippen LogP contribution in [-0.4, -0.2) is 37.2 Å². The molecule has 0 aliphatic carbocycles. The topological polar surface area (TPSA) is 90.9 Å². The lowest BCUT2D eigenvalue weighted by atomic mass is 10.0. The summed E-state index contributed by atoms with van der Waals surface area (Å²) in [6, 6.07) is 15.8. The number of nitrogens with one attached hydrogen (secondary N) is 1. The van der Waals surface area contributed by atoms with E-state index >= 15 is 0 Å². The second-order valence-corrected chi connectivity index (χ2v) is 7.81. The van der Waals surface area contributed by atoms with Crippen molar-refractivity contribution in [3.05, 3.63) is 71.1 Å². The molecule has 33 heavy (non-hydrogen) atoms. The zero-order valence-corrected chi connectivity index (χ0v) is 19.4. The number of carbonyl (C=O) groups is 3. The molecule has 1 aromatic heterocycles. The second-order valence-electron chi connectivity index (χ2n) is 6.93. The molecule has 1 atom stereocenters. The van der Waals surface area contributed by atoms with E-state index in [1.165, 1.54) is 11.3 Å². The van der Waals surface area contributed by atoms with Crippen LogP contribution in [0.15, 0.2) is 60.0 Å². The van der Waals surface area contributed by atoms with Gasteiger partial charge in [-0.2, -0.15) is 0 Å². The highest BCUT2D eigenvalue weighted by atomic mass is 32.1. The van der Waals surface area contributed by atoms with Crippen molar-refractivity contribution in [1.82, 2.24) is 0 Å². The van der Waals surface area contributed by atoms with Crippen LogP contribution in [0.1, 0.15) is 41.5 Å². The first-order valence-corrected chi connectivity index (χ1v) is 11.4. The zero-order valence-electron chi connectivity index (χ0n) is 18.6. The van der Waals surface area contributed by atoms with Crippen molar-refractivity contribution in [3.63, 3.8) is 0 Å². The molecule has 0 bridgehead atoms. The van der Waals surface area contributed by atoms with Crippen LogP contribution in [0.5, 0.6) is 5.75 Å². The predicted octanol–water partition coefficient (Wildman–Crippen LogP) is 5.17. The molecule has 0 saturated heterocycles. The number of anilines is 1. The number of hydrogen-bond acceptors (Lipinski definition) is 7. The lowest BCUT2D eigenvalue weighted by Gasteiger charge is -2.13. The van der Waals surface area contributed by atoms with E-state index in [2.05, 4.69) is 5.32 Å². The first-order chi connectivity index (χ1) is 15.9. The van der Waals surface area contributed by atoms with Gasteiger partial charge in [-0.3, -0.25) is 4.79 Å². The summed E-state index contributed by atoms with van der Waals surface area (Å²) in [6.45, 7) is 5.55. The second kappa shape index (κ2) is 11.3. The van der Waals surface area contributed by atoms with Crippen LogP contribution in [0.2, 0.25) is 0 Å². The van der Waals surface area contributed by atoms with E-state index in [-0.39, 0.29) is 19.1 Å². The van der Waals surface area contributed by atoms with E-state index in [4.69, 9.17) is 14.2 Å². The average Bonchev–Trinajstić information content (AvgIpc) is 3.24. The maximum atomic E-state index is 12.8. The summed E-state index contributed by atoms with van der Waals surface area (Å²) in [4.78, 5) is 37.2. The molecule has 0 aliphatic heterocycles. The van der Waals surface area contributed by atoms with Gasteiger partial charge in [0.2, 0.25) is 0 Å². The van der Waals surface area contributed by atoms with Gasteiger partial charge in [0.05, 0.1) is 13.2 Å². The van der Waals surface area contributed by atoms with Gasteiger partial charge in [0.15, 0.2) is 6.10 Å². The Hall–Kier alpha value is -3.65. The number of thiophene rings is 1. The Morgan fingerprint density at radius 1 is 0.939 bits per heavy atom. The van der Waals surface area contributed by atoms with Gasteiger partial charge in [-0.15, -0.1) is 11.3 Å². The number of carbonyl (C=O) groups excluding carboxylic acids is 3. The molecule has 1 heterocycles. The molecule has 0 saturated carbocycles. The summed E-state index contributed by atoms with van der Waals surface area (Å²) >= 11 is 1.26. The van der Waals surface area contributed by atoms with Gasteiger partial charge in [0.25, 0.3) is 5.91 Å². The molecule has 1 N–H and O–H groups in total. The fourth-order valence-electron chi connectivity index (χ4n) is 3.06. The van der Waals surface area contributed by atoms with Crippen LogP contribution >= 0.6 is 11.3 Å². The molecule has 3 rings (SSSR count). The molecule has 8 heteroatoms. The summed E-state index contributed by atoms with van der Waals surface area (Å²) in [5.74, 6) is -0.906. The Balaban J connectivity index is 1.78. The van der Waals surface area contributed by atoms with Gasteiger partial charge in [0, 0.05) is 16.5 Å². The van der Waals surface area contributed by atoms with Crippen molar-refractivity contribution in [2.75, 3.05) is 18.5 Å². The van der Waals surface area contributed by atoms with Crippen molar-refractivity contribution in [3.8, 4) is 16.9 Å². The maximum Gasteiger partial charge on any atom is 0.347 e. The molecule has 0 radical (unpaired) electrons. The van der Waals surface area contributed by atoms with Gasteiger partial charge >= 0.3 is 11.9 Å². The fraction of sp³-hybridized carbons (Fsp3) is 0.240. The molecule has 2 aromatic carbocycles. The summed E-state index contributed by atoms with van der Waals surface area (Å²) < 4.78 is 15.7. The monoisotopic (exact) mass is 467 g/mol. The van der Waals surface area contributed by atoms with Gasteiger partial charge < -0.3 is 19.5 Å². The molecule has 172 valence electrons. The van der Waals surface area contributed by atoms with E-state index in [0.29, 0.717) is 27.4 Å². The highest BCUT2D eigenvalue weighted by Crippen LogP contribution is 2.36. The van der Waals surface area contributed by atoms with Crippen molar-refractivity contribution in [1.29, 1.82) is 0 Å². The Morgan fingerprint density at radius 2 is 1.61 bits per heavy atom. The third-order valence-electron chi connectivity index (χ3n) is 4.63. The van der Waals surface area contributed by atoms with E-state index < -0.39 is 18.0 Å². The molecule has 0 spiro atoms. The lowest BCUT2D eigenvalue weighted by Crippen LogP contribution is -2.26. The summed E-state index contributed by atoms with van der Waals surface area (Å²) in [5.41, 5.74) is 2.25. The molecule has 3 aromatic rings.